The molecule has 1 amide bonds. The fourth-order valence-corrected chi connectivity index (χ4v) is 3.83. The van der Waals surface area contributed by atoms with E-state index in [0.29, 0.717) is 11.7 Å². The molecule has 3 nitrogen and oxygen atoms in total. The number of benzene rings is 1. The normalized spacial score (nSPS) is 16.4. The van der Waals surface area contributed by atoms with Crippen molar-refractivity contribution in [1.29, 1.82) is 0 Å². The van der Waals surface area contributed by atoms with Crippen LogP contribution in [0.5, 0.6) is 0 Å². The van der Waals surface area contributed by atoms with Crippen LogP contribution in [0, 0.1) is 5.92 Å². The zero-order valence-corrected chi connectivity index (χ0v) is 16.7. The van der Waals surface area contributed by atoms with Gasteiger partial charge in [0.15, 0.2) is 0 Å². The van der Waals surface area contributed by atoms with Crippen molar-refractivity contribution in [3.63, 3.8) is 0 Å². The van der Waals surface area contributed by atoms with Gasteiger partial charge in [-0.15, -0.1) is 24.2 Å². The standard InChI is InChI=1S/C17H25BrN2OS.ClH/c1-13(22-16-5-3-15(18)4-6-16)12-20-17(21)7-2-14-8-10-19-11-9-14;/h3-6,13-14,19H,2,7-12H2,1H3,(H,20,21);1H. The first-order valence-corrected chi connectivity index (χ1v) is 9.70. The molecular formula is C17H26BrClN2OS. The van der Waals surface area contributed by atoms with Crippen molar-refractivity contribution in [2.24, 2.45) is 5.92 Å². The second-order valence-electron chi connectivity index (χ2n) is 5.92. The predicted molar refractivity (Wildman–Crippen MR) is 105 cm³/mol. The van der Waals surface area contributed by atoms with Crippen LogP contribution in [0.2, 0.25) is 0 Å². The van der Waals surface area contributed by atoms with Crippen molar-refractivity contribution in [1.82, 2.24) is 10.6 Å². The van der Waals surface area contributed by atoms with Crippen LogP contribution in [-0.4, -0.2) is 30.8 Å². The second kappa shape index (κ2) is 11.3. The molecule has 0 spiro atoms. The molecule has 0 radical (unpaired) electrons. The number of thioether (sulfide) groups is 1. The van der Waals surface area contributed by atoms with Crippen molar-refractivity contribution < 1.29 is 4.79 Å². The molecule has 6 heteroatoms. The minimum atomic E-state index is 0. The Morgan fingerprint density at radius 2 is 2.00 bits per heavy atom. The summed E-state index contributed by atoms with van der Waals surface area (Å²) in [6.07, 6.45) is 4.12. The van der Waals surface area contributed by atoms with E-state index in [-0.39, 0.29) is 18.3 Å². The molecule has 1 aliphatic rings. The summed E-state index contributed by atoms with van der Waals surface area (Å²) in [4.78, 5) is 13.2. The van der Waals surface area contributed by atoms with E-state index in [1.807, 2.05) is 12.1 Å². The maximum absolute atomic E-state index is 11.9. The third-order valence-corrected chi connectivity index (χ3v) is 5.62. The Labute approximate surface area is 158 Å². The van der Waals surface area contributed by atoms with Crippen LogP contribution in [0.3, 0.4) is 0 Å². The molecule has 1 aliphatic heterocycles. The Balaban J connectivity index is 0.00000264. The number of halogens is 2. The molecule has 2 N–H and O–H groups in total. The van der Waals surface area contributed by atoms with Gasteiger partial charge in [-0.25, -0.2) is 0 Å². The highest BCUT2D eigenvalue weighted by Crippen LogP contribution is 2.24. The quantitative estimate of drug-likeness (QED) is 0.647. The van der Waals surface area contributed by atoms with Gasteiger partial charge in [-0.3, -0.25) is 4.79 Å². The number of nitrogens with one attached hydrogen (secondary N) is 2. The lowest BCUT2D eigenvalue weighted by Crippen LogP contribution is -2.31. The van der Waals surface area contributed by atoms with Crippen molar-refractivity contribution >= 4 is 46.0 Å². The van der Waals surface area contributed by atoms with E-state index in [2.05, 4.69) is 45.6 Å². The molecule has 0 saturated carbocycles. The molecule has 1 saturated heterocycles. The first-order chi connectivity index (χ1) is 10.6. The zero-order chi connectivity index (χ0) is 15.8. The number of hydrogen-bond donors (Lipinski definition) is 2. The van der Waals surface area contributed by atoms with E-state index in [0.717, 1.165) is 36.4 Å². The number of hydrogen-bond acceptors (Lipinski definition) is 3. The maximum atomic E-state index is 11.9. The highest BCUT2D eigenvalue weighted by molar-refractivity contribution is 9.10. The fraction of sp³-hybridized carbons (Fsp3) is 0.588. The summed E-state index contributed by atoms with van der Waals surface area (Å²) < 4.78 is 1.09. The van der Waals surface area contributed by atoms with Gasteiger partial charge in [0, 0.05) is 27.6 Å². The first kappa shape index (κ1) is 20.8. The molecular weight excluding hydrogens is 396 g/mol. The Hall–Kier alpha value is -0.230. The van der Waals surface area contributed by atoms with E-state index >= 15 is 0 Å². The Morgan fingerprint density at radius 3 is 2.65 bits per heavy atom. The van der Waals surface area contributed by atoms with Crippen LogP contribution in [0.15, 0.2) is 33.6 Å². The topological polar surface area (TPSA) is 41.1 Å². The van der Waals surface area contributed by atoms with E-state index in [9.17, 15) is 4.79 Å². The molecule has 2 rings (SSSR count). The lowest BCUT2D eigenvalue weighted by molar-refractivity contribution is -0.121. The molecule has 1 atom stereocenters. The van der Waals surface area contributed by atoms with Gasteiger partial charge < -0.3 is 10.6 Å². The van der Waals surface area contributed by atoms with Crippen LogP contribution in [-0.2, 0) is 4.79 Å². The van der Waals surface area contributed by atoms with Crippen molar-refractivity contribution in [3.05, 3.63) is 28.7 Å². The summed E-state index contributed by atoms with van der Waals surface area (Å²) in [7, 11) is 0. The van der Waals surface area contributed by atoms with Crippen molar-refractivity contribution in [2.45, 2.75) is 42.8 Å². The number of carbonyl (C=O) groups is 1. The van der Waals surface area contributed by atoms with Gasteiger partial charge in [0.25, 0.3) is 0 Å². The minimum Gasteiger partial charge on any atom is -0.355 e. The van der Waals surface area contributed by atoms with Gasteiger partial charge in [-0.1, -0.05) is 22.9 Å². The van der Waals surface area contributed by atoms with Crippen molar-refractivity contribution in [3.8, 4) is 0 Å². The average molecular weight is 422 g/mol. The predicted octanol–water partition coefficient (Wildman–Crippen LogP) is 4.25. The highest BCUT2D eigenvalue weighted by Gasteiger charge is 2.14. The largest absolute Gasteiger partial charge is 0.355 e. The molecule has 1 unspecified atom stereocenters. The van der Waals surface area contributed by atoms with E-state index < -0.39 is 0 Å². The summed E-state index contributed by atoms with van der Waals surface area (Å²) in [5, 5.41) is 6.81. The summed E-state index contributed by atoms with van der Waals surface area (Å²) in [5.74, 6) is 0.920. The summed E-state index contributed by atoms with van der Waals surface area (Å²) in [6.45, 7) is 5.09. The van der Waals surface area contributed by atoms with Gasteiger partial charge in [-0.05, 0) is 62.5 Å². The lowest BCUT2D eigenvalue weighted by Gasteiger charge is -2.22. The lowest BCUT2D eigenvalue weighted by atomic mass is 9.93. The second-order valence-corrected chi connectivity index (χ2v) is 8.35. The smallest absolute Gasteiger partial charge is 0.220 e. The van der Waals surface area contributed by atoms with Crippen molar-refractivity contribution in [2.75, 3.05) is 19.6 Å². The highest BCUT2D eigenvalue weighted by atomic mass is 79.9. The molecule has 0 aliphatic carbocycles. The Kier molecular flexibility index (Phi) is 10.3. The number of amides is 1. The Bertz CT molecular complexity index is 466. The van der Waals surface area contributed by atoms with Gasteiger partial charge in [0.2, 0.25) is 5.91 Å². The molecule has 23 heavy (non-hydrogen) atoms. The van der Waals surface area contributed by atoms with E-state index in [1.54, 1.807) is 11.8 Å². The molecule has 1 fully saturated rings. The van der Waals surface area contributed by atoms with E-state index in [4.69, 9.17) is 0 Å². The van der Waals surface area contributed by atoms with Gasteiger partial charge in [0.05, 0.1) is 0 Å². The molecule has 0 bridgehead atoms. The zero-order valence-electron chi connectivity index (χ0n) is 13.5. The van der Waals surface area contributed by atoms with Crippen LogP contribution in [0.1, 0.15) is 32.6 Å². The van der Waals surface area contributed by atoms with E-state index in [1.165, 1.54) is 17.7 Å². The van der Waals surface area contributed by atoms with Crippen LogP contribution in [0.4, 0.5) is 0 Å². The summed E-state index contributed by atoms with van der Waals surface area (Å²) in [5.41, 5.74) is 0. The first-order valence-electron chi connectivity index (χ1n) is 8.03. The Morgan fingerprint density at radius 1 is 1.35 bits per heavy atom. The SMILES string of the molecule is CC(CNC(=O)CCC1CCNCC1)Sc1ccc(Br)cc1.Cl. The van der Waals surface area contributed by atoms with Crippen LogP contribution in [0.25, 0.3) is 0 Å². The molecule has 1 aromatic carbocycles. The van der Waals surface area contributed by atoms with Crippen LogP contribution >= 0.6 is 40.1 Å². The monoisotopic (exact) mass is 420 g/mol. The molecule has 130 valence electrons. The number of piperidine rings is 1. The fourth-order valence-electron chi connectivity index (χ4n) is 2.64. The van der Waals surface area contributed by atoms with Crippen LogP contribution < -0.4 is 10.6 Å². The molecule has 0 aromatic heterocycles. The average Bonchev–Trinajstić information content (AvgIpc) is 2.54. The summed E-state index contributed by atoms with van der Waals surface area (Å²) >= 11 is 5.24. The molecule has 1 aromatic rings. The summed E-state index contributed by atoms with van der Waals surface area (Å²) in [6, 6.07) is 8.30. The maximum Gasteiger partial charge on any atom is 0.220 e. The minimum absolute atomic E-state index is 0. The van der Waals surface area contributed by atoms with Gasteiger partial charge >= 0.3 is 0 Å². The number of rotatable bonds is 7. The molecule has 1 heterocycles. The third kappa shape index (κ3) is 8.43. The number of carbonyl (C=O) groups excluding carboxylic acids is 1. The van der Waals surface area contributed by atoms with Gasteiger partial charge in [0.1, 0.15) is 0 Å². The third-order valence-electron chi connectivity index (χ3n) is 3.98. The van der Waals surface area contributed by atoms with Gasteiger partial charge in [-0.2, -0.15) is 0 Å².